The van der Waals surface area contributed by atoms with Crippen LogP contribution in [0.15, 0.2) is 29.3 Å². The fourth-order valence-electron chi connectivity index (χ4n) is 0.697. The van der Waals surface area contributed by atoms with Gasteiger partial charge in [0.05, 0.1) is 0 Å². The maximum atomic E-state index is 11.2. The largest absolute Gasteiger partial charge is 0.457 e. The quantitative estimate of drug-likeness (QED) is 0.376. The smallest absolute Gasteiger partial charge is 0.356 e. The summed E-state index contributed by atoms with van der Waals surface area (Å²) in [5.41, 5.74) is 1.35. The maximum Gasteiger partial charge on any atom is 0.356 e. The fraction of sp³-hybridized carbons (Fsp3) is 0.400. The summed E-state index contributed by atoms with van der Waals surface area (Å²) >= 11 is 0. The van der Waals surface area contributed by atoms with Crippen LogP contribution in [0.4, 0.5) is 0 Å². The molecular formula is C10H15NO2. The van der Waals surface area contributed by atoms with Gasteiger partial charge >= 0.3 is 5.97 Å². The maximum absolute atomic E-state index is 11.2. The monoisotopic (exact) mass is 181 g/mol. The van der Waals surface area contributed by atoms with Crippen LogP contribution in [0.2, 0.25) is 0 Å². The Balaban J connectivity index is 4.35. The lowest BCUT2D eigenvalue weighted by Gasteiger charge is -2.01. The average molecular weight is 181 g/mol. The molecule has 72 valence electrons. The summed E-state index contributed by atoms with van der Waals surface area (Å²) in [6.07, 6.45) is 3.21. The Kier molecular flexibility index (Phi) is 5.52. The zero-order valence-corrected chi connectivity index (χ0v) is 8.33. The van der Waals surface area contributed by atoms with Crippen molar-refractivity contribution in [2.24, 2.45) is 4.99 Å². The highest BCUT2D eigenvalue weighted by Gasteiger charge is 2.07. The Morgan fingerprint density at radius 3 is 2.54 bits per heavy atom. The van der Waals surface area contributed by atoms with Gasteiger partial charge in [-0.15, -0.1) is 0 Å². The summed E-state index contributed by atoms with van der Waals surface area (Å²) < 4.78 is 4.81. The van der Waals surface area contributed by atoms with Crippen molar-refractivity contribution < 1.29 is 9.53 Å². The van der Waals surface area contributed by atoms with Crippen LogP contribution in [0.3, 0.4) is 0 Å². The normalized spacial score (nSPS) is 10.5. The van der Waals surface area contributed by atoms with Gasteiger partial charge in [0.2, 0.25) is 0 Å². The van der Waals surface area contributed by atoms with E-state index in [1.807, 2.05) is 13.8 Å². The Hall–Kier alpha value is -1.38. The Labute approximate surface area is 78.8 Å². The molecule has 0 aliphatic rings. The molecule has 3 nitrogen and oxygen atoms in total. The molecule has 0 N–H and O–H groups in total. The molecule has 0 aliphatic carbocycles. The second-order valence-electron chi connectivity index (χ2n) is 2.72. The molecule has 13 heavy (non-hydrogen) atoms. The van der Waals surface area contributed by atoms with Crippen molar-refractivity contribution in [1.82, 2.24) is 0 Å². The lowest BCUT2D eigenvalue weighted by atomic mass is 10.2. The van der Waals surface area contributed by atoms with E-state index in [-0.39, 0.29) is 6.61 Å². The number of hydrogen-bond donors (Lipinski definition) is 0. The predicted molar refractivity (Wildman–Crippen MR) is 53.9 cm³/mol. The Bertz CT molecular complexity index is 248. The molecule has 0 bridgehead atoms. The topological polar surface area (TPSA) is 38.7 Å². The van der Waals surface area contributed by atoms with E-state index in [0.717, 1.165) is 5.57 Å². The minimum absolute atomic E-state index is 0.217. The number of carbonyl (C=O) groups excluding carboxylic acids is 1. The third-order valence-electron chi connectivity index (χ3n) is 1.21. The Morgan fingerprint density at radius 1 is 1.54 bits per heavy atom. The van der Waals surface area contributed by atoms with Crippen LogP contribution >= 0.6 is 0 Å². The van der Waals surface area contributed by atoms with Crippen molar-refractivity contribution in [3.8, 4) is 0 Å². The number of hydrogen-bond acceptors (Lipinski definition) is 3. The highest BCUT2D eigenvalue weighted by molar-refractivity contribution is 6.41. The van der Waals surface area contributed by atoms with E-state index in [1.165, 1.54) is 6.08 Å². The van der Waals surface area contributed by atoms with Gasteiger partial charge in [-0.3, -0.25) is 4.99 Å². The first-order chi connectivity index (χ1) is 6.11. The van der Waals surface area contributed by atoms with Gasteiger partial charge < -0.3 is 4.74 Å². The summed E-state index contributed by atoms with van der Waals surface area (Å²) in [5.74, 6) is -0.413. The van der Waals surface area contributed by atoms with Crippen molar-refractivity contribution in [3.05, 3.63) is 24.3 Å². The zero-order valence-electron chi connectivity index (χ0n) is 8.33. The molecular weight excluding hydrogens is 166 g/mol. The molecule has 0 aromatic rings. The molecule has 0 saturated carbocycles. The molecule has 0 amide bonds. The SMILES string of the molecule is C=CCOC(=O)/C(C=C(C)C)=N\C. The summed E-state index contributed by atoms with van der Waals surface area (Å²) in [6.45, 7) is 7.45. The third kappa shape index (κ3) is 4.95. The summed E-state index contributed by atoms with van der Waals surface area (Å²) in [7, 11) is 1.56. The molecule has 0 spiro atoms. The molecule has 0 fully saturated rings. The van der Waals surface area contributed by atoms with E-state index < -0.39 is 5.97 Å². The second kappa shape index (κ2) is 6.17. The summed E-state index contributed by atoms with van der Waals surface area (Å²) in [5, 5.41) is 0. The van der Waals surface area contributed by atoms with E-state index >= 15 is 0 Å². The van der Waals surface area contributed by atoms with E-state index in [4.69, 9.17) is 4.74 Å². The van der Waals surface area contributed by atoms with Crippen LogP contribution < -0.4 is 0 Å². The lowest BCUT2D eigenvalue weighted by molar-refractivity contribution is -0.134. The van der Waals surface area contributed by atoms with Crippen molar-refractivity contribution in [1.29, 1.82) is 0 Å². The van der Waals surface area contributed by atoms with Crippen LogP contribution in [-0.4, -0.2) is 25.3 Å². The molecule has 3 heteroatoms. The van der Waals surface area contributed by atoms with Crippen molar-refractivity contribution in [2.45, 2.75) is 13.8 Å². The fourth-order valence-corrected chi connectivity index (χ4v) is 0.697. The van der Waals surface area contributed by atoms with Gasteiger partial charge in [-0.2, -0.15) is 0 Å². The van der Waals surface area contributed by atoms with Crippen LogP contribution in [0, 0.1) is 0 Å². The van der Waals surface area contributed by atoms with E-state index in [1.54, 1.807) is 13.1 Å². The number of esters is 1. The van der Waals surface area contributed by atoms with Crippen molar-refractivity contribution >= 4 is 11.7 Å². The number of ether oxygens (including phenoxy) is 1. The first-order valence-electron chi connectivity index (χ1n) is 4.01. The minimum Gasteiger partial charge on any atom is -0.457 e. The second-order valence-corrected chi connectivity index (χ2v) is 2.72. The van der Waals surface area contributed by atoms with Crippen LogP contribution in [0.25, 0.3) is 0 Å². The van der Waals surface area contributed by atoms with Gasteiger partial charge in [-0.25, -0.2) is 4.79 Å². The van der Waals surface area contributed by atoms with Gasteiger partial charge in [0.25, 0.3) is 0 Å². The number of aliphatic imine (C=N–C) groups is 1. The van der Waals surface area contributed by atoms with Gasteiger partial charge in [-0.1, -0.05) is 18.2 Å². The van der Waals surface area contributed by atoms with Gasteiger partial charge in [0.1, 0.15) is 12.3 Å². The molecule has 0 unspecified atom stereocenters. The van der Waals surface area contributed by atoms with Crippen LogP contribution in [0.5, 0.6) is 0 Å². The van der Waals surface area contributed by atoms with E-state index in [2.05, 4.69) is 11.6 Å². The molecule has 0 atom stereocenters. The molecule has 0 aliphatic heterocycles. The van der Waals surface area contributed by atoms with Crippen LogP contribution in [-0.2, 0) is 9.53 Å². The zero-order chi connectivity index (χ0) is 10.3. The average Bonchev–Trinajstić information content (AvgIpc) is 2.09. The first-order valence-corrected chi connectivity index (χ1v) is 4.01. The number of carbonyl (C=O) groups is 1. The molecule has 0 saturated heterocycles. The van der Waals surface area contributed by atoms with Gasteiger partial charge in [0, 0.05) is 7.05 Å². The predicted octanol–water partition coefficient (Wildman–Crippen LogP) is 1.75. The molecule has 0 aromatic carbocycles. The highest BCUT2D eigenvalue weighted by Crippen LogP contribution is 1.94. The van der Waals surface area contributed by atoms with Crippen molar-refractivity contribution in [2.75, 3.05) is 13.7 Å². The summed E-state index contributed by atoms with van der Waals surface area (Å²) in [4.78, 5) is 15.0. The molecule has 0 rings (SSSR count). The lowest BCUT2D eigenvalue weighted by Crippen LogP contribution is -2.15. The van der Waals surface area contributed by atoms with Crippen molar-refractivity contribution in [3.63, 3.8) is 0 Å². The first kappa shape index (κ1) is 11.6. The standard InChI is InChI=1S/C10H15NO2/c1-5-6-13-10(12)9(11-4)7-8(2)3/h5,7H,1,6H2,2-4H3/b11-9-. The van der Waals surface area contributed by atoms with Gasteiger partial charge in [-0.05, 0) is 19.9 Å². The third-order valence-corrected chi connectivity index (χ3v) is 1.21. The highest BCUT2D eigenvalue weighted by atomic mass is 16.5. The Morgan fingerprint density at radius 2 is 2.15 bits per heavy atom. The molecule has 0 heterocycles. The van der Waals surface area contributed by atoms with E-state index in [0.29, 0.717) is 5.71 Å². The summed E-state index contributed by atoms with van der Waals surface area (Å²) in [6, 6.07) is 0. The van der Waals surface area contributed by atoms with Crippen LogP contribution in [0.1, 0.15) is 13.8 Å². The number of allylic oxidation sites excluding steroid dienone is 1. The molecule has 0 aromatic heterocycles. The molecule has 0 radical (unpaired) electrons. The number of rotatable bonds is 4. The van der Waals surface area contributed by atoms with Gasteiger partial charge in [0.15, 0.2) is 0 Å². The van der Waals surface area contributed by atoms with E-state index in [9.17, 15) is 4.79 Å². The minimum atomic E-state index is -0.413. The number of nitrogens with zero attached hydrogens (tertiary/aromatic N) is 1.